The molecule has 0 fully saturated rings. The first-order chi connectivity index (χ1) is 8.11. The van der Waals surface area contributed by atoms with E-state index in [4.69, 9.17) is 15.9 Å². The highest BCUT2D eigenvalue weighted by Crippen LogP contribution is 2.31. The second-order valence-electron chi connectivity index (χ2n) is 3.71. The van der Waals surface area contributed by atoms with Crippen molar-refractivity contribution in [2.24, 2.45) is 0 Å². The van der Waals surface area contributed by atoms with Crippen LogP contribution in [0.25, 0.3) is 0 Å². The molecule has 0 amide bonds. The van der Waals surface area contributed by atoms with Crippen LogP contribution in [0.4, 0.5) is 0 Å². The summed E-state index contributed by atoms with van der Waals surface area (Å²) >= 11 is 0. The van der Waals surface area contributed by atoms with Gasteiger partial charge in [0.15, 0.2) is 21.3 Å². The molecule has 0 spiro atoms. The van der Waals surface area contributed by atoms with Crippen molar-refractivity contribution in [1.82, 2.24) is 0 Å². The topological polar surface area (TPSA) is 52.6 Å². The lowest BCUT2D eigenvalue weighted by Crippen LogP contribution is -2.15. The summed E-state index contributed by atoms with van der Waals surface area (Å²) in [6.45, 7) is 0.995. The third-order valence-corrected chi connectivity index (χ3v) is 3.68. The second-order valence-corrected chi connectivity index (χ2v) is 5.78. The van der Waals surface area contributed by atoms with Gasteiger partial charge in [0.2, 0.25) is 0 Å². The minimum atomic E-state index is -3.24. The van der Waals surface area contributed by atoms with Crippen LogP contribution in [0.15, 0.2) is 18.2 Å². The highest BCUT2D eigenvalue weighted by molar-refractivity contribution is 7.90. The average Bonchev–Trinajstić information content (AvgIpc) is 2.28. The summed E-state index contributed by atoms with van der Waals surface area (Å²) in [6.07, 6.45) is 5.01. The lowest BCUT2D eigenvalue weighted by Gasteiger charge is -2.18. The number of hydrogen-bond acceptors (Lipinski definition) is 4. The predicted molar refractivity (Wildman–Crippen MR) is 63.8 cm³/mol. The average molecular weight is 252 g/mol. The van der Waals surface area contributed by atoms with E-state index in [-0.39, 0.29) is 11.5 Å². The van der Waals surface area contributed by atoms with E-state index in [0.717, 1.165) is 0 Å². The van der Waals surface area contributed by atoms with Gasteiger partial charge in [-0.3, -0.25) is 0 Å². The Labute approximate surface area is 100 Å². The summed E-state index contributed by atoms with van der Waals surface area (Å²) in [5, 5.41) is 0. The van der Waals surface area contributed by atoms with Gasteiger partial charge in [0.05, 0.1) is 5.75 Å². The Balaban J connectivity index is 2.21. The molecule has 1 heterocycles. The molecule has 2 rings (SSSR count). The number of benzene rings is 1. The Bertz CT molecular complexity index is 554. The smallest absolute Gasteiger partial charge is 0.165 e. The second kappa shape index (κ2) is 4.68. The van der Waals surface area contributed by atoms with E-state index in [0.29, 0.717) is 30.3 Å². The maximum atomic E-state index is 11.6. The van der Waals surface area contributed by atoms with Crippen LogP contribution in [-0.4, -0.2) is 27.4 Å². The van der Waals surface area contributed by atoms with Crippen LogP contribution >= 0.6 is 0 Å². The molecule has 1 aliphatic rings. The van der Waals surface area contributed by atoms with E-state index >= 15 is 0 Å². The van der Waals surface area contributed by atoms with Crippen LogP contribution in [0.2, 0.25) is 0 Å². The molecule has 90 valence electrons. The summed E-state index contributed by atoms with van der Waals surface area (Å²) in [7, 11) is -3.24. The van der Waals surface area contributed by atoms with Gasteiger partial charge in [-0.1, -0.05) is 12.0 Å². The van der Waals surface area contributed by atoms with Crippen LogP contribution in [-0.2, 0) is 15.6 Å². The maximum Gasteiger partial charge on any atom is 0.165 e. The van der Waals surface area contributed by atoms with Gasteiger partial charge in [-0.25, -0.2) is 8.42 Å². The number of fused-ring (bicyclic) bond motifs is 1. The standard InChI is InChI=1S/C12H12O4S/c1-2-7-17(13,14)9-10-3-4-11-12(8-10)16-6-5-15-11/h1,3-4,8H,5-7,9H2. The highest BCUT2D eigenvalue weighted by Gasteiger charge is 2.15. The predicted octanol–water partition coefficient (Wildman–Crippen LogP) is 1.01. The Morgan fingerprint density at radius 3 is 2.65 bits per heavy atom. The van der Waals surface area contributed by atoms with Crippen molar-refractivity contribution >= 4 is 9.84 Å². The van der Waals surface area contributed by atoms with Crippen molar-refractivity contribution in [2.75, 3.05) is 19.0 Å². The fourth-order valence-corrected chi connectivity index (χ4v) is 2.65. The first kappa shape index (κ1) is 11.8. The molecule has 0 radical (unpaired) electrons. The first-order valence-electron chi connectivity index (χ1n) is 5.13. The van der Waals surface area contributed by atoms with E-state index in [1.54, 1.807) is 18.2 Å². The molecule has 1 aromatic rings. The van der Waals surface area contributed by atoms with Gasteiger partial charge in [-0.2, -0.15) is 0 Å². The lowest BCUT2D eigenvalue weighted by atomic mass is 10.2. The zero-order valence-corrected chi connectivity index (χ0v) is 10.00. The van der Waals surface area contributed by atoms with E-state index in [9.17, 15) is 8.42 Å². The molecule has 4 nitrogen and oxygen atoms in total. The van der Waals surface area contributed by atoms with Crippen LogP contribution in [0.3, 0.4) is 0 Å². The number of hydrogen-bond donors (Lipinski definition) is 0. The van der Waals surface area contributed by atoms with Crippen molar-refractivity contribution in [3.8, 4) is 23.8 Å². The highest BCUT2D eigenvalue weighted by atomic mass is 32.2. The summed E-state index contributed by atoms with van der Waals surface area (Å²) in [5.41, 5.74) is 0.657. The van der Waals surface area contributed by atoms with E-state index in [1.165, 1.54) is 0 Å². The quantitative estimate of drug-likeness (QED) is 0.753. The van der Waals surface area contributed by atoms with Gasteiger partial charge in [-0.05, 0) is 17.7 Å². The molecule has 5 heteroatoms. The third kappa shape index (κ3) is 2.92. The van der Waals surface area contributed by atoms with Crippen LogP contribution in [0, 0.1) is 12.3 Å². The summed E-state index contributed by atoms with van der Waals surface area (Å²) in [4.78, 5) is 0. The molecule has 17 heavy (non-hydrogen) atoms. The maximum absolute atomic E-state index is 11.6. The van der Waals surface area contributed by atoms with E-state index < -0.39 is 9.84 Å². The largest absolute Gasteiger partial charge is 0.486 e. The van der Waals surface area contributed by atoms with Crippen LogP contribution < -0.4 is 9.47 Å². The van der Waals surface area contributed by atoms with Crippen molar-refractivity contribution in [3.63, 3.8) is 0 Å². The van der Waals surface area contributed by atoms with Crippen LogP contribution in [0.5, 0.6) is 11.5 Å². The van der Waals surface area contributed by atoms with E-state index in [2.05, 4.69) is 5.92 Å². The van der Waals surface area contributed by atoms with Gasteiger partial charge in [0.1, 0.15) is 19.0 Å². The Morgan fingerprint density at radius 2 is 1.94 bits per heavy atom. The van der Waals surface area contributed by atoms with Gasteiger partial charge < -0.3 is 9.47 Å². The van der Waals surface area contributed by atoms with Crippen molar-refractivity contribution in [3.05, 3.63) is 23.8 Å². The molecular weight excluding hydrogens is 240 g/mol. The summed E-state index contributed by atoms with van der Waals surface area (Å²) in [5.74, 6) is 3.06. The summed E-state index contributed by atoms with van der Waals surface area (Å²) in [6, 6.07) is 5.11. The molecular formula is C12H12O4S. The van der Waals surface area contributed by atoms with Crippen molar-refractivity contribution < 1.29 is 17.9 Å². The molecule has 0 unspecified atom stereocenters. The van der Waals surface area contributed by atoms with Gasteiger partial charge in [0, 0.05) is 0 Å². The number of terminal acetylenes is 1. The molecule has 0 aromatic heterocycles. The molecule has 0 aliphatic carbocycles. The number of rotatable bonds is 3. The molecule has 0 N–H and O–H groups in total. The Morgan fingerprint density at radius 1 is 1.24 bits per heavy atom. The normalized spacial score (nSPS) is 14.1. The lowest BCUT2D eigenvalue weighted by molar-refractivity contribution is 0.171. The molecule has 0 saturated heterocycles. The number of ether oxygens (including phenoxy) is 2. The minimum Gasteiger partial charge on any atom is -0.486 e. The fraction of sp³-hybridized carbons (Fsp3) is 0.333. The molecule has 0 saturated carbocycles. The van der Waals surface area contributed by atoms with E-state index in [1.807, 2.05) is 0 Å². The molecule has 1 aromatic carbocycles. The van der Waals surface area contributed by atoms with Gasteiger partial charge in [0.25, 0.3) is 0 Å². The minimum absolute atomic E-state index is 0.0756. The first-order valence-corrected chi connectivity index (χ1v) is 6.95. The zero-order valence-electron chi connectivity index (χ0n) is 9.18. The molecule has 1 aliphatic heterocycles. The fourth-order valence-electron chi connectivity index (χ4n) is 1.61. The third-order valence-electron chi connectivity index (χ3n) is 2.30. The van der Waals surface area contributed by atoms with Crippen molar-refractivity contribution in [2.45, 2.75) is 5.75 Å². The van der Waals surface area contributed by atoms with Gasteiger partial charge in [-0.15, -0.1) is 6.42 Å². The monoisotopic (exact) mass is 252 g/mol. The SMILES string of the molecule is C#CCS(=O)(=O)Cc1ccc2c(c1)OCCO2. The molecule has 0 atom stereocenters. The van der Waals surface area contributed by atoms with Crippen LogP contribution in [0.1, 0.15) is 5.56 Å². The van der Waals surface area contributed by atoms with Crippen molar-refractivity contribution in [1.29, 1.82) is 0 Å². The zero-order chi connectivity index (χ0) is 12.3. The Hall–Kier alpha value is -1.67. The van der Waals surface area contributed by atoms with Gasteiger partial charge >= 0.3 is 0 Å². The molecule has 0 bridgehead atoms. The summed E-state index contributed by atoms with van der Waals surface area (Å²) < 4.78 is 33.8. The Kier molecular flexibility index (Phi) is 3.25. The number of sulfone groups is 1.